The Hall–Kier alpha value is -2.54. The van der Waals surface area contributed by atoms with Gasteiger partial charge in [0.15, 0.2) is 11.5 Å². The van der Waals surface area contributed by atoms with Crippen molar-refractivity contribution in [3.63, 3.8) is 0 Å². The van der Waals surface area contributed by atoms with Crippen LogP contribution in [0, 0.1) is 0 Å². The summed E-state index contributed by atoms with van der Waals surface area (Å²) in [5.74, 6) is 2.04. The van der Waals surface area contributed by atoms with Crippen molar-refractivity contribution < 1.29 is 24.5 Å². The topological polar surface area (TPSA) is 71.4 Å². The van der Waals surface area contributed by atoms with Gasteiger partial charge in [0, 0.05) is 6.54 Å². The van der Waals surface area contributed by atoms with E-state index in [2.05, 4.69) is 6.92 Å². The predicted octanol–water partition coefficient (Wildman–Crippen LogP) is 4.47. The fraction of sp³-hybridized carbons (Fsp3) is 0.417. The molecule has 1 aliphatic rings. The van der Waals surface area contributed by atoms with Crippen LogP contribution in [-0.4, -0.2) is 49.3 Å². The minimum absolute atomic E-state index is 0.321. The van der Waals surface area contributed by atoms with Crippen molar-refractivity contribution in [3.05, 3.63) is 41.5 Å². The molecule has 30 heavy (non-hydrogen) atoms. The van der Waals surface area contributed by atoms with Gasteiger partial charge in [0.25, 0.3) is 0 Å². The van der Waals surface area contributed by atoms with E-state index in [0.717, 1.165) is 57.7 Å². The normalized spacial score (nSPS) is 18.1. The van der Waals surface area contributed by atoms with Gasteiger partial charge in [-0.3, -0.25) is 0 Å². The molecule has 4 rings (SSSR count). The summed E-state index contributed by atoms with van der Waals surface area (Å²) < 4.78 is 16.6. The van der Waals surface area contributed by atoms with Crippen molar-refractivity contribution in [3.8, 4) is 17.2 Å². The maximum absolute atomic E-state index is 11.4. The predicted molar refractivity (Wildman–Crippen MR) is 117 cm³/mol. The average Bonchev–Trinajstić information content (AvgIpc) is 3.21. The number of nitrogens with zero attached hydrogens (tertiary/aromatic N) is 1. The molecule has 6 nitrogen and oxygen atoms in total. The van der Waals surface area contributed by atoms with Crippen LogP contribution in [0.2, 0.25) is 0 Å². The largest absolute Gasteiger partial charge is 0.497 e. The lowest BCUT2D eigenvalue weighted by Crippen LogP contribution is -2.32. The standard InChI is InChI=1S/C24H29NO5/c1-5-15-18-12-21(29-3)22(30-4)13-19(18)17-11-14(28-2)8-9-16(17)23(15)24(26)20-7-6-10-25(20)27/h8-9,11-13,20,24,26-27H,5-7,10H2,1-4H3/t20-,24+/m1/s1. The minimum atomic E-state index is -0.805. The van der Waals surface area contributed by atoms with Crippen LogP contribution in [0.1, 0.15) is 37.0 Å². The summed E-state index contributed by atoms with van der Waals surface area (Å²) in [6.45, 7) is 2.66. The molecule has 3 aromatic carbocycles. The van der Waals surface area contributed by atoms with Gasteiger partial charge < -0.3 is 24.5 Å². The van der Waals surface area contributed by atoms with Crippen LogP contribution in [0.4, 0.5) is 0 Å². The van der Waals surface area contributed by atoms with Crippen molar-refractivity contribution in [1.82, 2.24) is 5.06 Å². The molecule has 1 aliphatic heterocycles. The van der Waals surface area contributed by atoms with Crippen molar-refractivity contribution in [2.75, 3.05) is 27.9 Å². The second-order valence-electron chi connectivity index (χ2n) is 7.73. The van der Waals surface area contributed by atoms with E-state index in [-0.39, 0.29) is 6.04 Å². The zero-order chi connectivity index (χ0) is 21.4. The molecule has 3 aromatic rings. The zero-order valence-electron chi connectivity index (χ0n) is 17.9. The Morgan fingerprint density at radius 1 is 0.967 bits per heavy atom. The third-order valence-electron chi connectivity index (χ3n) is 6.26. The van der Waals surface area contributed by atoms with E-state index in [4.69, 9.17) is 14.2 Å². The number of hydrogen-bond donors (Lipinski definition) is 2. The molecular formula is C24H29NO5. The maximum Gasteiger partial charge on any atom is 0.161 e. The molecule has 0 spiro atoms. The number of aryl methyl sites for hydroxylation is 1. The molecule has 0 amide bonds. The molecule has 1 saturated heterocycles. The first-order valence-corrected chi connectivity index (χ1v) is 10.4. The average molecular weight is 411 g/mol. The van der Waals surface area contributed by atoms with E-state index in [1.807, 2.05) is 30.3 Å². The Morgan fingerprint density at radius 2 is 1.63 bits per heavy atom. The van der Waals surface area contributed by atoms with Crippen molar-refractivity contribution in [2.24, 2.45) is 0 Å². The van der Waals surface area contributed by atoms with Gasteiger partial charge in [0.1, 0.15) is 5.75 Å². The Bertz CT molecular complexity index is 1080. The number of aliphatic hydroxyl groups is 1. The molecular weight excluding hydrogens is 382 g/mol. The molecule has 0 saturated carbocycles. The van der Waals surface area contributed by atoms with Crippen molar-refractivity contribution in [2.45, 2.75) is 38.3 Å². The third kappa shape index (κ3) is 3.25. The van der Waals surface area contributed by atoms with Crippen LogP contribution in [0.5, 0.6) is 17.2 Å². The molecule has 1 fully saturated rings. The number of rotatable bonds is 6. The summed E-state index contributed by atoms with van der Waals surface area (Å²) in [5, 5.41) is 27.0. The lowest BCUT2D eigenvalue weighted by molar-refractivity contribution is -0.132. The second-order valence-corrected chi connectivity index (χ2v) is 7.73. The summed E-state index contributed by atoms with van der Waals surface area (Å²) >= 11 is 0. The minimum Gasteiger partial charge on any atom is -0.497 e. The van der Waals surface area contributed by atoms with Crippen LogP contribution in [-0.2, 0) is 6.42 Å². The molecule has 160 valence electrons. The van der Waals surface area contributed by atoms with Crippen LogP contribution in [0.25, 0.3) is 21.5 Å². The first-order chi connectivity index (χ1) is 14.5. The molecule has 2 N–H and O–H groups in total. The number of fused-ring (bicyclic) bond motifs is 3. The quantitative estimate of drug-likeness (QED) is 0.583. The molecule has 2 atom stereocenters. The zero-order valence-corrected chi connectivity index (χ0v) is 17.9. The smallest absolute Gasteiger partial charge is 0.161 e. The highest BCUT2D eigenvalue weighted by molar-refractivity contribution is 6.12. The molecule has 0 bridgehead atoms. The van der Waals surface area contributed by atoms with Gasteiger partial charge in [0.2, 0.25) is 0 Å². The van der Waals surface area contributed by atoms with Crippen LogP contribution in [0.15, 0.2) is 30.3 Å². The number of benzene rings is 3. The Labute approximate surface area is 176 Å². The fourth-order valence-electron chi connectivity index (χ4n) is 4.78. The van der Waals surface area contributed by atoms with E-state index in [9.17, 15) is 10.3 Å². The first-order valence-electron chi connectivity index (χ1n) is 10.4. The van der Waals surface area contributed by atoms with E-state index in [0.29, 0.717) is 18.0 Å². The first kappa shape index (κ1) is 20.7. The highest BCUT2D eigenvalue weighted by Crippen LogP contribution is 2.44. The van der Waals surface area contributed by atoms with Crippen molar-refractivity contribution >= 4 is 21.5 Å². The summed E-state index contributed by atoms with van der Waals surface area (Å²) in [6, 6.07) is 9.55. The van der Waals surface area contributed by atoms with Gasteiger partial charge in [-0.05, 0) is 76.2 Å². The second kappa shape index (κ2) is 8.30. The van der Waals surface area contributed by atoms with Gasteiger partial charge in [-0.15, -0.1) is 0 Å². The fourth-order valence-corrected chi connectivity index (χ4v) is 4.78. The Kier molecular flexibility index (Phi) is 5.73. The van der Waals surface area contributed by atoms with Crippen LogP contribution < -0.4 is 14.2 Å². The number of hydrogen-bond acceptors (Lipinski definition) is 6. The Balaban J connectivity index is 2.10. The van der Waals surface area contributed by atoms with E-state index >= 15 is 0 Å². The van der Waals surface area contributed by atoms with E-state index < -0.39 is 6.10 Å². The van der Waals surface area contributed by atoms with E-state index in [1.54, 1.807) is 21.3 Å². The summed E-state index contributed by atoms with van der Waals surface area (Å²) in [4.78, 5) is 0. The molecule has 0 unspecified atom stereocenters. The highest BCUT2D eigenvalue weighted by atomic mass is 16.5. The third-order valence-corrected chi connectivity index (χ3v) is 6.26. The SMILES string of the molecule is CCc1c([C@@H](O)[C@H]2CCCN2O)c2ccc(OC)cc2c2cc(OC)c(OC)cc12. The monoisotopic (exact) mass is 411 g/mol. The van der Waals surface area contributed by atoms with Gasteiger partial charge >= 0.3 is 0 Å². The van der Waals surface area contributed by atoms with Crippen molar-refractivity contribution in [1.29, 1.82) is 0 Å². The van der Waals surface area contributed by atoms with Gasteiger partial charge in [-0.2, -0.15) is 5.06 Å². The summed E-state index contributed by atoms with van der Waals surface area (Å²) in [7, 11) is 4.89. The Morgan fingerprint density at radius 3 is 2.20 bits per heavy atom. The molecule has 6 heteroatoms. The molecule has 0 aromatic heterocycles. The molecule has 0 radical (unpaired) electrons. The number of hydroxylamine groups is 2. The molecule has 0 aliphatic carbocycles. The molecule has 1 heterocycles. The highest BCUT2D eigenvalue weighted by Gasteiger charge is 2.33. The number of methoxy groups -OCH3 is 3. The van der Waals surface area contributed by atoms with Crippen LogP contribution >= 0.6 is 0 Å². The maximum atomic E-state index is 11.4. The van der Waals surface area contributed by atoms with Crippen LogP contribution in [0.3, 0.4) is 0 Å². The van der Waals surface area contributed by atoms with Gasteiger partial charge in [-0.1, -0.05) is 13.0 Å². The lowest BCUT2D eigenvalue weighted by Gasteiger charge is -2.28. The lowest BCUT2D eigenvalue weighted by atomic mass is 9.85. The number of aliphatic hydroxyl groups excluding tert-OH is 1. The summed E-state index contributed by atoms with van der Waals surface area (Å²) in [6.07, 6.45) is 1.55. The number of ether oxygens (including phenoxy) is 3. The summed E-state index contributed by atoms with van der Waals surface area (Å²) in [5.41, 5.74) is 1.91. The van der Waals surface area contributed by atoms with Gasteiger partial charge in [-0.25, -0.2) is 0 Å². The van der Waals surface area contributed by atoms with Gasteiger partial charge in [0.05, 0.1) is 33.5 Å². The van der Waals surface area contributed by atoms with E-state index in [1.165, 1.54) is 5.06 Å².